The van der Waals surface area contributed by atoms with E-state index in [0.717, 1.165) is 16.9 Å². The number of aromatic nitrogens is 1. The van der Waals surface area contributed by atoms with Crippen LogP contribution in [0.25, 0.3) is 22.0 Å². The first-order valence-corrected chi connectivity index (χ1v) is 7.90. The van der Waals surface area contributed by atoms with Gasteiger partial charge in [-0.1, -0.05) is 46.9 Å². The van der Waals surface area contributed by atoms with Gasteiger partial charge in [0.1, 0.15) is 5.75 Å². The maximum atomic E-state index is 6.54. The number of pyridine rings is 1. The van der Waals surface area contributed by atoms with Gasteiger partial charge in [0.15, 0.2) is 0 Å². The summed E-state index contributed by atoms with van der Waals surface area (Å²) in [5.74, 6) is 0.820. The fourth-order valence-electron chi connectivity index (χ4n) is 2.30. The summed E-state index contributed by atoms with van der Waals surface area (Å²) < 4.78 is 5.45. The van der Waals surface area contributed by atoms with Crippen LogP contribution in [0.15, 0.2) is 42.6 Å². The molecule has 0 aliphatic heterocycles. The Morgan fingerprint density at radius 2 is 1.77 bits per heavy atom. The second-order valence-corrected chi connectivity index (χ2v) is 5.95. The van der Waals surface area contributed by atoms with E-state index in [1.54, 1.807) is 18.3 Å². The minimum Gasteiger partial charge on any atom is -0.494 e. The third-order valence-electron chi connectivity index (χ3n) is 3.30. The van der Waals surface area contributed by atoms with Crippen LogP contribution < -0.4 is 4.74 Å². The largest absolute Gasteiger partial charge is 0.494 e. The van der Waals surface area contributed by atoms with Crippen molar-refractivity contribution < 1.29 is 4.74 Å². The van der Waals surface area contributed by atoms with E-state index in [-0.39, 0.29) is 0 Å². The molecule has 0 spiro atoms. The van der Waals surface area contributed by atoms with E-state index in [2.05, 4.69) is 4.98 Å². The summed E-state index contributed by atoms with van der Waals surface area (Å²) in [5, 5.41) is 2.30. The van der Waals surface area contributed by atoms with Crippen molar-refractivity contribution in [2.75, 3.05) is 6.61 Å². The maximum Gasteiger partial charge on any atom is 0.119 e. The number of rotatable bonds is 3. The molecule has 1 aromatic heterocycles. The zero-order valence-corrected chi connectivity index (χ0v) is 14.0. The van der Waals surface area contributed by atoms with E-state index in [0.29, 0.717) is 32.6 Å². The molecule has 0 aliphatic rings. The predicted molar refractivity (Wildman–Crippen MR) is 93.4 cm³/mol. The van der Waals surface area contributed by atoms with Crippen molar-refractivity contribution in [2.45, 2.75) is 6.92 Å². The van der Waals surface area contributed by atoms with E-state index in [1.165, 1.54) is 0 Å². The fourth-order valence-corrected chi connectivity index (χ4v) is 3.29. The molecule has 0 radical (unpaired) electrons. The average molecular weight is 353 g/mol. The van der Waals surface area contributed by atoms with Gasteiger partial charge in [-0.25, -0.2) is 0 Å². The van der Waals surface area contributed by atoms with Gasteiger partial charge in [0.2, 0.25) is 0 Å². The molecule has 0 unspecified atom stereocenters. The van der Waals surface area contributed by atoms with Crippen molar-refractivity contribution >= 4 is 45.7 Å². The standard InChI is InChI=1S/C17H12Cl3NO/c1-2-22-12-5-3-10(4-6-12)13-9-21-15-8-11(18)7-14(19)16(15)17(13)20/h3-9H,2H2,1H3. The minimum absolute atomic E-state index is 0.493. The fraction of sp³-hybridized carbons (Fsp3) is 0.118. The molecule has 0 N–H and O–H groups in total. The van der Waals surface area contributed by atoms with E-state index in [9.17, 15) is 0 Å². The summed E-state index contributed by atoms with van der Waals surface area (Å²) in [6, 6.07) is 11.1. The molecule has 0 saturated heterocycles. The first-order valence-electron chi connectivity index (χ1n) is 6.76. The van der Waals surface area contributed by atoms with Crippen LogP contribution in [-0.2, 0) is 0 Å². The summed E-state index contributed by atoms with van der Waals surface area (Å²) in [4.78, 5) is 4.41. The number of ether oxygens (including phenoxy) is 1. The molecular weight excluding hydrogens is 341 g/mol. The molecular formula is C17H12Cl3NO. The molecule has 112 valence electrons. The predicted octanol–water partition coefficient (Wildman–Crippen LogP) is 6.26. The first-order chi connectivity index (χ1) is 10.6. The normalized spacial score (nSPS) is 10.9. The zero-order valence-electron chi connectivity index (χ0n) is 11.7. The topological polar surface area (TPSA) is 22.1 Å². The second kappa shape index (κ2) is 6.33. The monoisotopic (exact) mass is 351 g/mol. The van der Waals surface area contributed by atoms with Gasteiger partial charge in [-0.2, -0.15) is 0 Å². The highest BCUT2D eigenvalue weighted by Crippen LogP contribution is 2.38. The number of halogens is 3. The van der Waals surface area contributed by atoms with Gasteiger partial charge in [0, 0.05) is 22.2 Å². The summed E-state index contributed by atoms with van der Waals surface area (Å²) in [5.41, 5.74) is 2.45. The number of hydrogen-bond donors (Lipinski definition) is 0. The van der Waals surface area contributed by atoms with Gasteiger partial charge in [0.05, 0.1) is 22.2 Å². The van der Waals surface area contributed by atoms with Crippen molar-refractivity contribution in [3.8, 4) is 16.9 Å². The van der Waals surface area contributed by atoms with Gasteiger partial charge in [-0.05, 0) is 36.8 Å². The lowest BCUT2D eigenvalue weighted by Crippen LogP contribution is -1.91. The van der Waals surface area contributed by atoms with Crippen LogP contribution in [-0.4, -0.2) is 11.6 Å². The van der Waals surface area contributed by atoms with Gasteiger partial charge in [-0.3, -0.25) is 4.98 Å². The van der Waals surface area contributed by atoms with Gasteiger partial charge in [-0.15, -0.1) is 0 Å². The molecule has 0 bridgehead atoms. The Kier molecular flexibility index (Phi) is 4.44. The Morgan fingerprint density at radius 1 is 1.05 bits per heavy atom. The van der Waals surface area contributed by atoms with Gasteiger partial charge < -0.3 is 4.74 Å². The van der Waals surface area contributed by atoms with Crippen LogP contribution in [0.3, 0.4) is 0 Å². The highest BCUT2D eigenvalue weighted by molar-refractivity contribution is 6.44. The summed E-state index contributed by atoms with van der Waals surface area (Å²) >= 11 is 18.8. The lowest BCUT2D eigenvalue weighted by Gasteiger charge is -2.10. The lowest BCUT2D eigenvalue weighted by atomic mass is 10.0. The van der Waals surface area contributed by atoms with Crippen LogP contribution in [0.2, 0.25) is 15.1 Å². The molecule has 0 aliphatic carbocycles. The molecule has 2 aromatic carbocycles. The first kappa shape index (κ1) is 15.4. The molecule has 0 amide bonds. The van der Waals surface area contributed by atoms with Crippen molar-refractivity contribution in [1.29, 1.82) is 0 Å². The molecule has 2 nitrogen and oxygen atoms in total. The SMILES string of the molecule is CCOc1ccc(-c2cnc3cc(Cl)cc(Cl)c3c2Cl)cc1. The third kappa shape index (κ3) is 2.87. The highest BCUT2D eigenvalue weighted by atomic mass is 35.5. The number of nitrogens with zero attached hydrogens (tertiary/aromatic N) is 1. The Labute approximate surface area is 143 Å². The summed E-state index contributed by atoms with van der Waals surface area (Å²) in [6.45, 7) is 2.58. The average Bonchev–Trinajstić information content (AvgIpc) is 2.48. The Bertz CT molecular complexity index is 831. The summed E-state index contributed by atoms with van der Waals surface area (Å²) in [7, 11) is 0. The lowest BCUT2D eigenvalue weighted by molar-refractivity contribution is 0.340. The van der Waals surface area contributed by atoms with Crippen LogP contribution in [0.4, 0.5) is 0 Å². The Balaban J connectivity index is 2.13. The van der Waals surface area contributed by atoms with E-state index < -0.39 is 0 Å². The van der Waals surface area contributed by atoms with Gasteiger partial charge >= 0.3 is 0 Å². The van der Waals surface area contributed by atoms with E-state index in [1.807, 2.05) is 31.2 Å². The van der Waals surface area contributed by atoms with E-state index >= 15 is 0 Å². The van der Waals surface area contributed by atoms with Crippen molar-refractivity contribution in [3.63, 3.8) is 0 Å². The number of hydrogen-bond acceptors (Lipinski definition) is 2. The van der Waals surface area contributed by atoms with Crippen molar-refractivity contribution in [1.82, 2.24) is 4.98 Å². The van der Waals surface area contributed by atoms with Crippen molar-refractivity contribution in [2.24, 2.45) is 0 Å². The molecule has 1 heterocycles. The number of benzene rings is 2. The molecule has 0 fully saturated rings. The minimum atomic E-state index is 0.493. The second-order valence-electron chi connectivity index (χ2n) is 4.72. The quantitative estimate of drug-likeness (QED) is 0.555. The Morgan fingerprint density at radius 3 is 2.45 bits per heavy atom. The van der Waals surface area contributed by atoms with Crippen LogP contribution in [0.1, 0.15) is 6.92 Å². The third-order valence-corrected chi connectivity index (χ3v) is 4.21. The van der Waals surface area contributed by atoms with Crippen LogP contribution in [0, 0.1) is 0 Å². The number of fused-ring (bicyclic) bond motifs is 1. The molecule has 22 heavy (non-hydrogen) atoms. The van der Waals surface area contributed by atoms with E-state index in [4.69, 9.17) is 39.5 Å². The van der Waals surface area contributed by atoms with Crippen LogP contribution in [0.5, 0.6) is 5.75 Å². The van der Waals surface area contributed by atoms with Gasteiger partial charge in [0.25, 0.3) is 0 Å². The summed E-state index contributed by atoms with van der Waals surface area (Å²) in [6.07, 6.45) is 1.73. The van der Waals surface area contributed by atoms with Crippen molar-refractivity contribution in [3.05, 3.63) is 57.7 Å². The molecule has 0 saturated carbocycles. The zero-order chi connectivity index (χ0) is 15.7. The smallest absolute Gasteiger partial charge is 0.119 e. The molecule has 3 aromatic rings. The molecule has 3 rings (SSSR count). The molecule has 0 atom stereocenters. The highest BCUT2D eigenvalue weighted by Gasteiger charge is 2.12. The Hall–Kier alpha value is -1.48. The maximum absolute atomic E-state index is 6.54. The molecule has 5 heteroatoms. The van der Waals surface area contributed by atoms with Crippen LogP contribution >= 0.6 is 34.8 Å².